The number of nitrogens with two attached hydrogens (primary N) is 1. The Kier molecular flexibility index (Phi) is 1.88. The van der Waals surface area contributed by atoms with Crippen LogP contribution in [0.1, 0.15) is 30.1 Å². The largest absolute Gasteiger partial charge is 0.323 e. The molecule has 1 aliphatic rings. The van der Waals surface area contributed by atoms with Gasteiger partial charge in [-0.1, -0.05) is 0 Å². The topological polar surface area (TPSA) is 54.7 Å². The summed E-state index contributed by atoms with van der Waals surface area (Å²) in [6.45, 7) is 0. The quantitative estimate of drug-likeness (QED) is 0.694. The van der Waals surface area contributed by atoms with E-state index in [1.54, 1.807) is 0 Å². The van der Waals surface area contributed by atoms with E-state index in [1.807, 2.05) is 0 Å². The molecule has 0 spiro atoms. The number of aromatic amines is 1. The maximum absolute atomic E-state index is 5.89. The van der Waals surface area contributed by atoms with Crippen molar-refractivity contribution in [2.24, 2.45) is 5.73 Å². The van der Waals surface area contributed by atoms with Gasteiger partial charge >= 0.3 is 0 Å². The number of nitrogens with zero attached hydrogens (tertiary/aromatic N) is 1. The van der Waals surface area contributed by atoms with E-state index in [9.17, 15) is 0 Å². The lowest BCUT2D eigenvalue weighted by Crippen LogP contribution is -2.17. The van der Waals surface area contributed by atoms with Crippen LogP contribution in [-0.2, 0) is 6.42 Å². The summed E-state index contributed by atoms with van der Waals surface area (Å²) in [6, 6.07) is 0.190. The molecule has 0 radical (unpaired) electrons. The summed E-state index contributed by atoms with van der Waals surface area (Å²) in [5.74, 6) is 0. The van der Waals surface area contributed by atoms with Gasteiger partial charge in [-0.15, -0.1) is 0 Å². The highest BCUT2D eigenvalue weighted by molar-refractivity contribution is 14.1. The van der Waals surface area contributed by atoms with Crippen molar-refractivity contribution in [1.29, 1.82) is 0 Å². The Morgan fingerprint density at radius 1 is 1.64 bits per heavy atom. The summed E-state index contributed by atoms with van der Waals surface area (Å²) >= 11 is 2.25. The van der Waals surface area contributed by atoms with Crippen molar-refractivity contribution < 1.29 is 0 Å². The number of halogens is 1. The Morgan fingerprint density at radius 3 is 3.18 bits per heavy atom. The Balaban J connectivity index is 2.46. The first-order valence-electron chi connectivity index (χ1n) is 3.77. The molecule has 2 rings (SSSR count). The van der Waals surface area contributed by atoms with Gasteiger partial charge in [0.15, 0.2) is 0 Å². The lowest BCUT2D eigenvalue weighted by atomic mass is 9.95. The third-order valence-corrected chi connectivity index (χ3v) is 3.05. The minimum atomic E-state index is 0.190. The summed E-state index contributed by atoms with van der Waals surface area (Å²) in [6.07, 6.45) is 3.42. The molecule has 11 heavy (non-hydrogen) atoms. The highest BCUT2D eigenvalue weighted by Gasteiger charge is 2.20. The summed E-state index contributed by atoms with van der Waals surface area (Å²) in [7, 11) is 0. The van der Waals surface area contributed by atoms with Gasteiger partial charge in [-0.05, 0) is 41.9 Å². The van der Waals surface area contributed by atoms with Gasteiger partial charge in [-0.3, -0.25) is 5.10 Å². The minimum absolute atomic E-state index is 0.190. The van der Waals surface area contributed by atoms with Crippen LogP contribution in [0.4, 0.5) is 0 Å². The Hall–Kier alpha value is -0.100. The molecule has 1 aliphatic carbocycles. The van der Waals surface area contributed by atoms with Crippen LogP contribution >= 0.6 is 22.6 Å². The van der Waals surface area contributed by atoms with Gasteiger partial charge in [-0.25, -0.2) is 0 Å². The number of fused-ring (bicyclic) bond motifs is 1. The van der Waals surface area contributed by atoms with Gasteiger partial charge in [0.1, 0.15) is 3.70 Å². The summed E-state index contributed by atoms with van der Waals surface area (Å²) < 4.78 is 1.09. The van der Waals surface area contributed by atoms with E-state index in [0.29, 0.717) is 0 Å². The molecule has 3 N–H and O–H groups in total. The molecule has 0 bridgehead atoms. The molecule has 3 nitrogen and oxygen atoms in total. The van der Waals surface area contributed by atoms with Crippen LogP contribution in [0.15, 0.2) is 0 Å². The monoisotopic (exact) mass is 263 g/mol. The van der Waals surface area contributed by atoms with E-state index in [1.165, 1.54) is 12.0 Å². The summed E-state index contributed by atoms with van der Waals surface area (Å²) in [5, 5.41) is 7.12. The molecule has 1 heterocycles. The number of hydrogen-bond donors (Lipinski definition) is 2. The van der Waals surface area contributed by atoms with Gasteiger partial charge in [-0.2, -0.15) is 5.10 Å². The molecule has 1 atom stereocenters. The minimum Gasteiger partial charge on any atom is -0.323 e. The van der Waals surface area contributed by atoms with E-state index < -0.39 is 0 Å². The van der Waals surface area contributed by atoms with Gasteiger partial charge in [0.05, 0.1) is 5.69 Å². The Morgan fingerprint density at radius 2 is 2.45 bits per heavy atom. The molecule has 0 amide bonds. The molecule has 0 saturated carbocycles. The van der Waals surface area contributed by atoms with Crippen molar-refractivity contribution in [3.63, 3.8) is 0 Å². The smallest absolute Gasteiger partial charge is 0.126 e. The predicted octanol–water partition coefficient (Wildman–Crippen LogP) is 1.35. The molecule has 0 aliphatic heterocycles. The van der Waals surface area contributed by atoms with E-state index in [-0.39, 0.29) is 6.04 Å². The normalized spacial score (nSPS) is 23.3. The lowest BCUT2D eigenvalue weighted by Gasteiger charge is -2.17. The molecular formula is C7H10IN3. The molecule has 1 aromatic heterocycles. The maximum Gasteiger partial charge on any atom is 0.126 e. The van der Waals surface area contributed by atoms with Crippen LogP contribution in [0.2, 0.25) is 0 Å². The number of rotatable bonds is 0. The van der Waals surface area contributed by atoms with Crippen molar-refractivity contribution in [2.45, 2.75) is 25.3 Å². The average Bonchev–Trinajstić information content (AvgIpc) is 2.35. The maximum atomic E-state index is 5.89. The third kappa shape index (κ3) is 1.18. The van der Waals surface area contributed by atoms with Gasteiger partial charge < -0.3 is 5.73 Å². The van der Waals surface area contributed by atoms with Crippen molar-refractivity contribution in [3.8, 4) is 0 Å². The highest BCUT2D eigenvalue weighted by Crippen LogP contribution is 2.28. The van der Waals surface area contributed by atoms with E-state index in [4.69, 9.17) is 5.73 Å². The first-order valence-corrected chi connectivity index (χ1v) is 4.85. The van der Waals surface area contributed by atoms with E-state index >= 15 is 0 Å². The van der Waals surface area contributed by atoms with Crippen molar-refractivity contribution >= 4 is 22.6 Å². The van der Waals surface area contributed by atoms with Gasteiger partial charge in [0.2, 0.25) is 0 Å². The Labute approximate surface area is 78.9 Å². The highest BCUT2D eigenvalue weighted by atomic mass is 127. The van der Waals surface area contributed by atoms with Gasteiger partial charge in [0.25, 0.3) is 0 Å². The van der Waals surface area contributed by atoms with Crippen molar-refractivity contribution in [3.05, 3.63) is 15.0 Å². The molecule has 60 valence electrons. The molecule has 1 aromatic rings. The zero-order chi connectivity index (χ0) is 7.84. The molecule has 0 saturated heterocycles. The first kappa shape index (κ1) is 7.54. The van der Waals surface area contributed by atoms with E-state index in [2.05, 4.69) is 32.8 Å². The fraction of sp³-hybridized carbons (Fsp3) is 0.571. The molecule has 1 unspecified atom stereocenters. The number of nitrogens with one attached hydrogen (secondary N) is 1. The Bertz CT molecular complexity index is 269. The van der Waals surface area contributed by atoms with Gasteiger partial charge in [0, 0.05) is 11.6 Å². The van der Waals surface area contributed by atoms with Crippen LogP contribution in [0.25, 0.3) is 0 Å². The van der Waals surface area contributed by atoms with Crippen molar-refractivity contribution in [1.82, 2.24) is 10.2 Å². The van der Waals surface area contributed by atoms with Crippen LogP contribution in [-0.4, -0.2) is 10.2 Å². The van der Waals surface area contributed by atoms with Crippen molar-refractivity contribution in [2.75, 3.05) is 0 Å². The molecule has 0 aromatic carbocycles. The lowest BCUT2D eigenvalue weighted by molar-refractivity contribution is 0.558. The van der Waals surface area contributed by atoms with E-state index in [0.717, 1.165) is 22.2 Å². The predicted molar refractivity (Wildman–Crippen MR) is 51.2 cm³/mol. The van der Waals surface area contributed by atoms with Crippen LogP contribution < -0.4 is 5.73 Å². The SMILES string of the molecule is NC1CCCc2c(I)n[nH]c21. The number of H-pyrrole nitrogens is 1. The van der Waals surface area contributed by atoms with Crippen LogP contribution in [0, 0.1) is 3.70 Å². The second-order valence-corrected chi connectivity index (χ2v) is 3.93. The third-order valence-electron chi connectivity index (χ3n) is 2.16. The van der Waals surface area contributed by atoms with Crippen LogP contribution in [0.5, 0.6) is 0 Å². The summed E-state index contributed by atoms with van der Waals surface area (Å²) in [4.78, 5) is 0. The summed E-state index contributed by atoms with van der Waals surface area (Å²) in [5.41, 5.74) is 8.38. The fourth-order valence-corrected chi connectivity index (χ4v) is 2.22. The molecular weight excluding hydrogens is 253 g/mol. The molecule has 0 fully saturated rings. The van der Waals surface area contributed by atoms with Crippen LogP contribution in [0.3, 0.4) is 0 Å². The average molecular weight is 263 g/mol. The second-order valence-electron chi connectivity index (χ2n) is 2.91. The number of hydrogen-bond acceptors (Lipinski definition) is 2. The molecule has 4 heteroatoms. The number of aromatic nitrogens is 2. The first-order chi connectivity index (χ1) is 5.29. The fourth-order valence-electron chi connectivity index (χ4n) is 1.54. The second kappa shape index (κ2) is 2.75. The zero-order valence-electron chi connectivity index (χ0n) is 6.10. The standard InChI is InChI=1S/C7H10IN3/c8-7-4-2-1-3-5(9)6(4)10-11-7/h5H,1-3,9H2,(H,10,11). The zero-order valence-corrected chi connectivity index (χ0v) is 8.26.